The minimum absolute atomic E-state index is 0.0249. The average Bonchev–Trinajstić information content (AvgIpc) is 3.68. The highest BCUT2D eigenvalue weighted by atomic mass is 19.1. The molecule has 2 aliphatic heterocycles. The largest absolute Gasteiger partial charge is 0.493 e. The molecule has 2 aliphatic rings. The number of ether oxygens (including phenoxy) is 1. The summed E-state index contributed by atoms with van der Waals surface area (Å²) >= 11 is 0. The third-order valence-corrected chi connectivity index (χ3v) is 10.2. The van der Waals surface area contributed by atoms with Gasteiger partial charge in [-0.25, -0.2) is 4.39 Å². The zero-order chi connectivity index (χ0) is 36.0. The van der Waals surface area contributed by atoms with Crippen LogP contribution in [0.3, 0.4) is 0 Å². The van der Waals surface area contributed by atoms with E-state index in [1.807, 2.05) is 24.3 Å². The van der Waals surface area contributed by atoms with E-state index in [0.717, 1.165) is 90.8 Å². The summed E-state index contributed by atoms with van der Waals surface area (Å²) in [6, 6.07) is 25.7. The molecule has 268 valence electrons. The zero-order valence-electron chi connectivity index (χ0n) is 29.1. The van der Waals surface area contributed by atoms with Crippen LogP contribution in [0.15, 0.2) is 89.5 Å². The molecule has 1 fully saturated rings. The maximum absolute atomic E-state index is 13.6. The van der Waals surface area contributed by atoms with Crippen LogP contribution in [0.5, 0.6) is 5.75 Å². The number of benzene rings is 4. The van der Waals surface area contributed by atoms with Gasteiger partial charge in [0, 0.05) is 36.9 Å². The lowest BCUT2D eigenvalue weighted by molar-refractivity contribution is -0.136. The highest BCUT2D eigenvalue weighted by Crippen LogP contribution is 2.33. The van der Waals surface area contributed by atoms with Gasteiger partial charge in [-0.1, -0.05) is 53.7 Å². The average molecular weight is 704 g/mol. The van der Waals surface area contributed by atoms with E-state index in [9.17, 15) is 23.9 Å². The lowest BCUT2D eigenvalue weighted by Gasteiger charge is -2.31. The topological polar surface area (TPSA) is 113 Å². The molecule has 0 saturated carbocycles. The van der Waals surface area contributed by atoms with E-state index in [2.05, 4.69) is 28.3 Å². The maximum atomic E-state index is 13.6. The Hall–Kier alpha value is -5.35. The first-order chi connectivity index (χ1) is 25.3. The third kappa shape index (κ3) is 8.07. The number of hydrogen-bond acceptors (Lipinski definition) is 7. The summed E-state index contributed by atoms with van der Waals surface area (Å²) in [5, 5.41) is 14.5. The fourth-order valence-corrected chi connectivity index (χ4v) is 7.46. The Balaban J connectivity index is 0.916. The molecule has 1 aromatic heterocycles. The fourth-order valence-electron chi connectivity index (χ4n) is 7.46. The second-order valence-electron chi connectivity index (χ2n) is 13.7. The summed E-state index contributed by atoms with van der Waals surface area (Å²) in [6.45, 7) is 3.71. The van der Waals surface area contributed by atoms with Crippen LogP contribution in [0.4, 0.5) is 4.39 Å². The monoisotopic (exact) mass is 703 g/mol. The van der Waals surface area contributed by atoms with Crippen LogP contribution in [0.1, 0.15) is 80.3 Å². The van der Waals surface area contributed by atoms with Crippen LogP contribution in [0, 0.1) is 5.82 Å². The van der Waals surface area contributed by atoms with Gasteiger partial charge in [-0.05, 0) is 111 Å². The standard InChI is InChI=1S/C42H42FN3O6/c43-33-13-14-36-38(27-33)52-44-40(36)32-17-20-45(21-18-32)19-5-23-51-37-9-4-1-6-31(37)12-10-28-24-29(11-15-39(47)48)26-30(25-28)16-22-46-41(49)34-7-2-3-8-35(34)42(46)50/h1-4,6-9,13-14,24-27,32H,5,10-12,15-23H2,(H,47,48). The summed E-state index contributed by atoms with van der Waals surface area (Å²) < 4.78 is 25.3. The van der Waals surface area contributed by atoms with Gasteiger partial charge in [0.1, 0.15) is 11.6 Å². The van der Waals surface area contributed by atoms with Gasteiger partial charge in [-0.2, -0.15) is 0 Å². The van der Waals surface area contributed by atoms with Gasteiger partial charge in [0.15, 0.2) is 5.58 Å². The Kier molecular flexibility index (Phi) is 10.7. The number of aromatic nitrogens is 1. The molecule has 7 rings (SSSR count). The summed E-state index contributed by atoms with van der Waals surface area (Å²) in [5.41, 5.74) is 6.37. The van der Waals surface area contributed by atoms with Crippen molar-refractivity contribution in [3.05, 3.63) is 130 Å². The number of imide groups is 1. The molecule has 1 saturated heterocycles. The molecule has 0 radical (unpaired) electrons. The van der Waals surface area contributed by atoms with E-state index in [1.54, 1.807) is 30.3 Å². The van der Waals surface area contributed by atoms with Crippen LogP contribution >= 0.6 is 0 Å². The molecule has 5 aromatic rings. The number of carbonyl (C=O) groups is 3. The Morgan fingerprint density at radius 2 is 1.50 bits per heavy atom. The molecule has 0 atom stereocenters. The quantitative estimate of drug-likeness (QED) is 0.0896. The molecule has 9 nitrogen and oxygen atoms in total. The molecule has 1 N–H and O–H groups in total. The summed E-state index contributed by atoms with van der Waals surface area (Å²) in [5.74, 6) is -0.562. The number of hydrogen-bond donors (Lipinski definition) is 1. The number of aryl methyl sites for hydroxylation is 3. The van der Waals surface area contributed by atoms with Gasteiger partial charge in [0.05, 0.1) is 23.4 Å². The Bertz CT molecular complexity index is 2050. The number of rotatable bonds is 15. The predicted octanol–water partition coefficient (Wildman–Crippen LogP) is 7.26. The minimum Gasteiger partial charge on any atom is -0.493 e. The molecular formula is C42H42FN3O6. The highest BCUT2D eigenvalue weighted by molar-refractivity contribution is 6.21. The number of fused-ring (bicyclic) bond motifs is 2. The minimum atomic E-state index is -0.854. The van der Waals surface area contributed by atoms with E-state index in [0.29, 0.717) is 42.1 Å². The first kappa shape index (κ1) is 35.1. The lowest BCUT2D eigenvalue weighted by atomic mass is 9.91. The number of amides is 2. The van der Waals surface area contributed by atoms with Crippen LogP contribution in [-0.4, -0.2) is 70.6 Å². The number of carbonyl (C=O) groups excluding carboxylic acids is 2. The molecule has 4 aromatic carbocycles. The Morgan fingerprint density at radius 3 is 2.23 bits per heavy atom. The Labute approximate surface area is 302 Å². The normalized spacial score (nSPS) is 15.1. The number of likely N-dealkylation sites (tertiary alicyclic amines) is 1. The second-order valence-corrected chi connectivity index (χ2v) is 13.7. The van der Waals surface area contributed by atoms with Crippen molar-refractivity contribution in [2.45, 2.75) is 57.3 Å². The van der Waals surface area contributed by atoms with E-state index in [1.165, 1.54) is 17.0 Å². The number of halogens is 1. The number of nitrogens with zero attached hydrogens (tertiary/aromatic N) is 3. The fraction of sp³-hybridized carbons (Fsp3) is 0.333. The van der Waals surface area contributed by atoms with Gasteiger partial charge < -0.3 is 19.3 Å². The molecule has 52 heavy (non-hydrogen) atoms. The first-order valence-electron chi connectivity index (χ1n) is 18.1. The number of carboxylic acids is 1. The van der Waals surface area contributed by atoms with Crippen LogP contribution in [-0.2, 0) is 30.5 Å². The van der Waals surface area contributed by atoms with Crippen molar-refractivity contribution in [3.63, 3.8) is 0 Å². The maximum Gasteiger partial charge on any atom is 0.303 e. The second kappa shape index (κ2) is 15.9. The molecule has 10 heteroatoms. The molecule has 0 bridgehead atoms. The van der Waals surface area contributed by atoms with E-state index in [4.69, 9.17) is 9.26 Å². The van der Waals surface area contributed by atoms with Gasteiger partial charge in [0.2, 0.25) is 0 Å². The van der Waals surface area contributed by atoms with Crippen molar-refractivity contribution < 1.29 is 33.1 Å². The van der Waals surface area contributed by atoms with Crippen LogP contribution < -0.4 is 4.74 Å². The summed E-state index contributed by atoms with van der Waals surface area (Å²) in [4.78, 5) is 40.9. The SMILES string of the molecule is O=C(O)CCc1cc(CCc2ccccc2OCCCN2CCC(c3noc4cc(F)ccc34)CC2)cc(CCN2C(=O)c3ccccc3C2=O)c1. The lowest BCUT2D eigenvalue weighted by Crippen LogP contribution is -2.34. The van der Waals surface area contributed by atoms with Crippen molar-refractivity contribution in [1.29, 1.82) is 0 Å². The van der Waals surface area contributed by atoms with Crippen molar-refractivity contribution in [1.82, 2.24) is 15.0 Å². The highest BCUT2D eigenvalue weighted by Gasteiger charge is 2.34. The van der Waals surface area contributed by atoms with E-state index >= 15 is 0 Å². The molecule has 0 aliphatic carbocycles. The number of carboxylic acid groups (broad SMARTS) is 1. The Morgan fingerprint density at radius 1 is 0.827 bits per heavy atom. The van der Waals surface area contributed by atoms with Crippen molar-refractivity contribution in [3.8, 4) is 5.75 Å². The predicted molar refractivity (Wildman–Crippen MR) is 194 cm³/mol. The summed E-state index contributed by atoms with van der Waals surface area (Å²) in [7, 11) is 0. The molecule has 0 spiro atoms. The third-order valence-electron chi connectivity index (χ3n) is 10.2. The molecule has 0 unspecified atom stereocenters. The van der Waals surface area contributed by atoms with Gasteiger partial charge in [0.25, 0.3) is 11.8 Å². The molecule has 2 amide bonds. The summed E-state index contributed by atoms with van der Waals surface area (Å²) in [6.07, 6.45) is 5.23. The van der Waals surface area contributed by atoms with E-state index < -0.39 is 5.97 Å². The van der Waals surface area contributed by atoms with Crippen molar-refractivity contribution >= 4 is 28.8 Å². The number of para-hydroxylation sites is 1. The zero-order valence-corrected chi connectivity index (χ0v) is 29.1. The smallest absolute Gasteiger partial charge is 0.303 e. The molecular weight excluding hydrogens is 661 g/mol. The first-order valence-corrected chi connectivity index (χ1v) is 18.1. The van der Waals surface area contributed by atoms with E-state index in [-0.39, 0.29) is 30.6 Å². The van der Waals surface area contributed by atoms with Gasteiger partial charge in [-0.15, -0.1) is 0 Å². The molecule has 3 heterocycles. The van der Waals surface area contributed by atoms with Crippen LogP contribution in [0.25, 0.3) is 11.0 Å². The van der Waals surface area contributed by atoms with Crippen molar-refractivity contribution in [2.24, 2.45) is 0 Å². The van der Waals surface area contributed by atoms with Crippen LogP contribution in [0.2, 0.25) is 0 Å². The van der Waals surface area contributed by atoms with Gasteiger partial charge >= 0.3 is 5.97 Å². The van der Waals surface area contributed by atoms with Gasteiger partial charge in [-0.3, -0.25) is 19.3 Å². The number of aliphatic carboxylic acids is 1. The number of piperidine rings is 1. The van der Waals surface area contributed by atoms with Crippen molar-refractivity contribution in [2.75, 3.05) is 32.8 Å².